The molecular weight excluding hydrogens is 641 g/mol. The summed E-state index contributed by atoms with van der Waals surface area (Å²) < 4.78 is 5.43. The molecule has 0 fully saturated rings. The molecule has 1 aliphatic heterocycles. The van der Waals surface area contributed by atoms with Crippen LogP contribution in [0.5, 0.6) is 0 Å². The fraction of sp³-hybridized carbons (Fsp3) is 0. The van der Waals surface area contributed by atoms with Crippen LogP contribution in [0, 0.1) is 0 Å². The fourth-order valence-corrected chi connectivity index (χ4v) is 17.2. The highest BCUT2D eigenvalue weighted by Crippen LogP contribution is 2.62. The lowest BCUT2D eigenvalue weighted by Gasteiger charge is -2.10. The van der Waals surface area contributed by atoms with Crippen LogP contribution in [-0.4, -0.2) is 0 Å². The third kappa shape index (κ3) is 3.81. The summed E-state index contributed by atoms with van der Waals surface area (Å²) in [5, 5.41) is 5.45. The van der Waals surface area contributed by atoms with Crippen molar-refractivity contribution in [3.05, 3.63) is 97.1 Å². The zero-order valence-corrected chi connectivity index (χ0v) is 27.0. The molecule has 8 heteroatoms. The third-order valence-electron chi connectivity index (χ3n) is 7.03. The summed E-state index contributed by atoms with van der Waals surface area (Å²) >= 11 is 7.77. The van der Waals surface area contributed by atoms with E-state index in [9.17, 15) is 0 Å². The fourth-order valence-electron chi connectivity index (χ4n) is 5.18. The van der Waals surface area contributed by atoms with E-state index in [2.05, 4.69) is 97.1 Å². The molecule has 0 saturated heterocycles. The van der Waals surface area contributed by atoms with Crippen LogP contribution in [-0.2, 0) is 0 Å². The second kappa shape index (κ2) is 9.85. The van der Waals surface area contributed by atoms with Gasteiger partial charge in [0.1, 0.15) is 0 Å². The molecule has 0 bridgehead atoms. The second-order valence-electron chi connectivity index (χ2n) is 9.36. The van der Waals surface area contributed by atoms with E-state index >= 15 is 0 Å². The van der Waals surface area contributed by atoms with Crippen molar-refractivity contribution in [3.8, 4) is 19.5 Å². The van der Waals surface area contributed by atoms with Crippen LogP contribution in [0.15, 0.2) is 117 Å². The van der Waals surface area contributed by atoms with Crippen LogP contribution >= 0.6 is 88.5 Å². The lowest BCUT2D eigenvalue weighted by atomic mass is 10.2. The Kier molecular flexibility index (Phi) is 6.08. The molecule has 0 radical (unpaired) electrons. The van der Waals surface area contributed by atoms with Crippen LogP contribution in [0.4, 0.5) is 0 Å². The van der Waals surface area contributed by atoms with E-state index in [1.807, 2.05) is 88.5 Å². The van der Waals surface area contributed by atoms with Gasteiger partial charge in [0, 0.05) is 59.9 Å². The van der Waals surface area contributed by atoms with E-state index in [0.29, 0.717) is 0 Å². The van der Waals surface area contributed by atoms with Gasteiger partial charge in [0.05, 0.1) is 19.5 Å². The molecule has 0 spiro atoms. The van der Waals surface area contributed by atoms with Crippen LogP contribution < -0.4 is 0 Å². The summed E-state index contributed by atoms with van der Waals surface area (Å²) in [4.78, 5) is 11.2. The van der Waals surface area contributed by atoms with Gasteiger partial charge >= 0.3 is 0 Å². The maximum absolute atomic E-state index is 2.30. The lowest BCUT2D eigenvalue weighted by Crippen LogP contribution is -1.79. The van der Waals surface area contributed by atoms with Gasteiger partial charge in [0.15, 0.2) is 0 Å². The van der Waals surface area contributed by atoms with Crippen molar-refractivity contribution in [2.24, 2.45) is 0 Å². The lowest BCUT2D eigenvalue weighted by molar-refractivity contribution is 1.58. The van der Waals surface area contributed by atoms with Crippen LogP contribution in [0.3, 0.4) is 0 Å². The normalized spacial score (nSPS) is 13.6. The summed E-state index contributed by atoms with van der Waals surface area (Å²) in [6.45, 7) is 0. The largest absolute Gasteiger partial charge is 0.133 e. The summed E-state index contributed by atoms with van der Waals surface area (Å²) in [5.41, 5.74) is 0. The molecule has 40 heavy (non-hydrogen) atoms. The van der Waals surface area contributed by atoms with E-state index in [1.54, 1.807) is 0 Å². The van der Waals surface area contributed by atoms with Crippen LogP contribution in [0.1, 0.15) is 0 Å². The van der Waals surface area contributed by atoms with Crippen molar-refractivity contribution >= 4 is 129 Å². The summed E-state index contributed by atoms with van der Waals surface area (Å²) in [7, 11) is 7.78. The van der Waals surface area contributed by atoms with Gasteiger partial charge in [-0.1, -0.05) is 116 Å². The average molecular weight is 657 g/mol. The minimum Gasteiger partial charge on any atom is -0.133 e. The molecule has 0 nitrogen and oxygen atoms in total. The molecule has 0 amide bonds. The Morgan fingerprint density at radius 2 is 0.500 bits per heavy atom. The highest BCUT2D eigenvalue weighted by Gasteiger charge is 2.27. The molecule has 4 aromatic carbocycles. The van der Waals surface area contributed by atoms with Gasteiger partial charge < -0.3 is 0 Å². The van der Waals surface area contributed by atoms with Crippen molar-refractivity contribution in [2.45, 2.75) is 19.6 Å². The third-order valence-corrected chi connectivity index (χ3v) is 17.6. The van der Waals surface area contributed by atoms with Crippen molar-refractivity contribution in [2.75, 3.05) is 0 Å². The number of hydrogen-bond acceptors (Lipinski definition) is 8. The Labute approximate surface area is 262 Å². The summed E-state index contributed by atoms with van der Waals surface area (Å²) in [5.74, 6) is 0. The highest BCUT2D eigenvalue weighted by molar-refractivity contribution is 8.77. The Bertz CT molecular complexity index is 1920. The maximum atomic E-state index is 2.30. The topological polar surface area (TPSA) is 0 Å². The quantitative estimate of drug-likeness (QED) is 0.149. The SMILES string of the molecule is c1ccc2c3c(sc2c1)-c1sc2ccccc2c1SSc1c(sc2ccccc12)-c1sc2ccccc2c1SS3. The van der Waals surface area contributed by atoms with Crippen molar-refractivity contribution in [1.82, 2.24) is 0 Å². The Balaban J connectivity index is 1.37. The Hall–Kier alpha value is -1.88. The van der Waals surface area contributed by atoms with Gasteiger partial charge in [-0.2, -0.15) is 0 Å². The molecule has 0 aliphatic carbocycles. The molecule has 0 unspecified atom stereocenters. The molecule has 0 N–H and O–H groups in total. The van der Waals surface area contributed by atoms with Gasteiger partial charge in [0.2, 0.25) is 0 Å². The molecule has 0 saturated carbocycles. The summed E-state index contributed by atoms with van der Waals surface area (Å²) in [6.07, 6.45) is 0. The van der Waals surface area contributed by atoms with Crippen molar-refractivity contribution in [3.63, 3.8) is 0 Å². The summed E-state index contributed by atoms with van der Waals surface area (Å²) in [6, 6.07) is 35.7. The molecule has 8 aromatic rings. The molecule has 4 aromatic heterocycles. The smallest absolute Gasteiger partial charge is 0.0612 e. The van der Waals surface area contributed by atoms with Crippen LogP contribution in [0.25, 0.3) is 59.9 Å². The Morgan fingerprint density at radius 1 is 0.275 bits per heavy atom. The first kappa shape index (κ1) is 24.7. The maximum Gasteiger partial charge on any atom is 0.0612 e. The first-order chi connectivity index (χ1) is 19.8. The minimum atomic E-state index is 1.36. The first-order valence-corrected chi connectivity index (χ1v) is 20.2. The number of hydrogen-bond donors (Lipinski definition) is 0. The van der Waals surface area contributed by atoms with E-state index in [-0.39, 0.29) is 0 Å². The van der Waals surface area contributed by atoms with E-state index < -0.39 is 0 Å². The Morgan fingerprint density at radius 3 is 0.750 bits per heavy atom. The number of benzene rings is 4. The molecule has 0 atom stereocenters. The van der Waals surface area contributed by atoms with E-state index in [0.717, 1.165) is 0 Å². The zero-order valence-electron chi connectivity index (χ0n) is 20.5. The predicted octanol–water partition coefficient (Wildman–Crippen LogP) is 13.8. The minimum absolute atomic E-state index is 1.36. The predicted molar refractivity (Wildman–Crippen MR) is 189 cm³/mol. The number of rotatable bonds is 0. The second-order valence-corrected chi connectivity index (χ2v) is 17.9. The van der Waals surface area contributed by atoms with E-state index in [1.165, 1.54) is 79.4 Å². The first-order valence-electron chi connectivity index (χ1n) is 12.6. The zero-order chi connectivity index (χ0) is 26.2. The molecular formula is C32H16S8. The van der Waals surface area contributed by atoms with Crippen molar-refractivity contribution in [1.29, 1.82) is 0 Å². The van der Waals surface area contributed by atoms with Gasteiger partial charge in [-0.25, -0.2) is 0 Å². The highest BCUT2D eigenvalue weighted by atomic mass is 33.1. The number of thiophene rings is 4. The van der Waals surface area contributed by atoms with E-state index in [4.69, 9.17) is 0 Å². The average Bonchev–Trinajstić information content (AvgIpc) is 3.74. The van der Waals surface area contributed by atoms with Crippen LogP contribution in [0.2, 0.25) is 0 Å². The van der Waals surface area contributed by atoms with Gasteiger partial charge in [-0.05, 0) is 24.3 Å². The molecule has 1 aliphatic rings. The monoisotopic (exact) mass is 656 g/mol. The number of fused-ring (bicyclic) bond motifs is 14. The van der Waals surface area contributed by atoms with Crippen molar-refractivity contribution < 1.29 is 0 Å². The molecule has 5 heterocycles. The standard InChI is InChI=1S/C32H16S8/c1-5-13-21-17(9-1)25-29(33-21)30-26(18-10-2-6-14-22(18)34-30)39-40-28-20-12-4-8-16-24(20)36-32(28)31-27(38-37-25)19-11-3-7-15-23(19)35-31/h1-16H. The molecule has 9 rings (SSSR count). The van der Waals surface area contributed by atoms with Gasteiger partial charge in [-0.3, -0.25) is 0 Å². The van der Waals surface area contributed by atoms with Gasteiger partial charge in [-0.15, -0.1) is 45.3 Å². The van der Waals surface area contributed by atoms with Gasteiger partial charge in [0.25, 0.3) is 0 Å². The molecule has 192 valence electrons.